The van der Waals surface area contributed by atoms with Gasteiger partial charge in [0.1, 0.15) is 0 Å². The normalized spacial score (nSPS) is 22.2. The van der Waals surface area contributed by atoms with Crippen molar-refractivity contribution in [3.05, 3.63) is 163 Å². The maximum absolute atomic E-state index is 2.61. The van der Waals surface area contributed by atoms with Crippen molar-refractivity contribution >= 4 is 23.3 Å². The average molecular weight is 1130 g/mol. The van der Waals surface area contributed by atoms with E-state index in [1.807, 2.05) is 0 Å². The number of benzene rings is 4. The molecule has 10 rings (SSSR count). The number of fused-ring (bicyclic) bond motifs is 4. The molecule has 4 aromatic carbocycles. The molecule has 0 N–H and O–H groups in total. The van der Waals surface area contributed by atoms with Crippen molar-refractivity contribution < 1.29 is 89.6 Å². The van der Waals surface area contributed by atoms with Gasteiger partial charge in [0, 0.05) is 0 Å². The molecule has 0 amide bonds. The van der Waals surface area contributed by atoms with Crippen LogP contribution in [0.15, 0.2) is 96.1 Å². The summed E-state index contributed by atoms with van der Waals surface area (Å²) < 4.78 is 9.48. The van der Waals surface area contributed by atoms with Crippen LogP contribution in [0.5, 0.6) is 0 Å². The first-order chi connectivity index (χ1) is 24.1. The Morgan fingerprint density at radius 3 is 1.22 bits per heavy atom. The summed E-state index contributed by atoms with van der Waals surface area (Å²) in [4.78, 5) is 0. The Balaban J connectivity index is 0.000000193. The largest absolute Gasteiger partial charge is 1.00 e. The summed E-state index contributed by atoms with van der Waals surface area (Å²) in [6.45, 7) is 18.8. The van der Waals surface area contributed by atoms with E-state index in [-0.39, 0.29) is 49.6 Å². The van der Waals surface area contributed by atoms with E-state index < -0.39 is 39.9 Å². The maximum atomic E-state index is 2.61. The van der Waals surface area contributed by atoms with Gasteiger partial charge >= 0.3 is 313 Å². The van der Waals surface area contributed by atoms with Gasteiger partial charge < -0.3 is 49.6 Å². The summed E-state index contributed by atoms with van der Waals surface area (Å²) >= 11 is -4.92. The monoisotopic (exact) mass is 1130 g/mol. The van der Waals surface area contributed by atoms with Crippen LogP contribution in [-0.4, -0.2) is 0 Å². The molecule has 0 bridgehead atoms. The SMILES string of the molecule is CC1=C(C)[CH]([Hf+4]2([CH]3C(C)=C(C)c4ccccc43)[CH2][CH2]2)c2ccccc21.Cc1ccc(C)c2c1C=C[CH]2[Hf]1([CH]2C=Cc3c(C)ccc(C)c32)[CH2][CH2]1.[Cl-].[Cl-].[Cl-].[Cl-]. The number of rotatable bonds is 4. The molecule has 4 unspecified atom stereocenters. The molecular formula is C48H52Cl4Hf2. The van der Waals surface area contributed by atoms with Crippen molar-refractivity contribution in [2.75, 3.05) is 0 Å². The number of hydrogen-bond acceptors (Lipinski definition) is 0. The topological polar surface area (TPSA) is 0 Å². The van der Waals surface area contributed by atoms with Crippen LogP contribution < -0.4 is 49.6 Å². The minimum absolute atomic E-state index is 0. The predicted octanol–water partition coefficient (Wildman–Crippen LogP) is 1.86. The molecule has 0 saturated carbocycles. The minimum atomic E-state index is -2.50. The number of aryl methyl sites for hydroxylation is 4. The molecule has 54 heavy (non-hydrogen) atoms. The van der Waals surface area contributed by atoms with Crippen LogP contribution in [0.3, 0.4) is 0 Å². The summed E-state index contributed by atoms with van der Waals surface area (Å²) in [5, 5.41) is 0. The smallest absolute Gasteiger partial charge is 1.00 e. The predicted molar refractivity (Wildman–Crippen MR) is 210 cm³/mol. The minimum Gasteiger partial charge on any atom is -1.00 e. The third kappa shape index (κ3) is 6.52. The zero-order valence-corrected chi connectivity index (χ0v) is 43.1. The first-order valence-corrected chi connectivity index (χ1v) is 37.6. The fraction of sp³-hybridized carbons (Fsp3) is 0.333. The second-order valence-corrected chi connectivity index (χ2v) is 50.4. The average Bonchev–Trinajstić information content (AvgIpc) is 3.92. The van der Waals surface area contributed by atoms with E-state index in [0.717, 1.165) is 14.7 Å². The van der Waals surface area contributed by atoms with Gasteiger partial charge in [0.25, 0.3) is 0 Å². The van der Waals surface area contributed by atoms with Gasteiger partial charge in [-0.1, -0.05) is 0 Å². The molecule has 4 atom stereocenters. The molecule has 280 valence electrons. The van der Waals surface area contributed by atoms with E-state index in [9.17, 15) is 0 Å². The van der Waals surface area contributed by atoms with Crippen LogP contribution in [0.1, 0.15) is 109 Å². The van der Waals surface area contributed by atoms with Crippen molar-refractivity contribution in [1.29, 1.82) is 0 Å². The molecule has 0 aromatic heterocycles. The van der Waals surface area contributed by atoms with Crippen molar-refractivity contribution in [2.45, 2.75) is 86.8 Å². The van der Waals surface area contributed by atoms with Crippen molar-refractivity contribution in [3.8, 4) is 0 Å². The molecule has 2 fully saturated rings. The van der Waals surface area contributed by atoms with Gasteiger partial charge in [-0.15, -0.1) is 0 Å². The third-order valence-electron chi connectivity index (χ3n) is 14.4. The summed E-state index contributed by atoms with van der Waals surface area (Å²) in [5.41, 5.74) is 25.4. The Labute approximate surface area is 358 Å². The van der Waals surface area contributed by atoms with E-state index in [1.54, 1.807) is 83.5 Å². The van der Waals surface area contributed by atoms with Gasteiger partial charge in [-0.05, 0) is 0 Å². The molecule has 6 aliphatic rings. The molecule has 2 aliphatic heterocycles. The van der Waals surface area contributed by atoms with Crippen LogP contribution in [0.4, 0.5) is 0 Å². The second kappa shape index (κ2) is 16.2. The fourth-order valence-corrected chi connectivity index (χ4v) is 65.9. The van der Waals surface area contributed by atoms with Gasteiger partial charge in [0.05, 0.1) is 0 Å². The molecule has 0 radical (unpaired) electrons. The van der Waals surface area contributed by atoms with Gasteiger partial charge in [-0.3, -0.25) is 0 Å². The van der Waals surface area contributed by atoms with E-state index in [4.69, 9.17) is 0 Å². The summed E-state index contributed by atoms with van der Waals surface area (Å²) in [7, 11) is 0. The Kier molecular flexibility index (Phi) is 13.1. The molecular weight excluding hydrogens is 1080 g/mol. The number of halogens is 4. The van der Waals surface area contributed by atoms with Crippen molar-refractivity contribution in [2.24, 2.45) is 0 Å². The Bertz CT molecular complexity index is 2100. The van der Waals surface area contributed by atoms with E-state index in [0.29, 0.717) is 0 Å². The fourth-order valence-electron chi connectivity index (χ4n) is 11.3. The molecule has 6 heteroatoms. The van der Waals surface area contributed by atoms with Crippen LogP contribution in [0.25, 0.3) is 23.3 Å². The van der Waals surface area contributed by atoms with Crippen LogP contribution >= 0.6 is 0 Å². The zero-order chi connectivity index (χ0) is 34.7. The number of hydrogen-bond donors (Lipinski definition) is 0. The Morgan fingerprint density at radius 1 is 0.481 bits per heavy atom. The van der Waals surface area contributed by atoms with Crippen molar-refractivity contribution in [3.63, 3.8) is 0 Å². The molecule has 0 nitrogen and oxygen atoms in total. The van der Waals surface area contributed by atoms with Crippen molar-refractivity contribution in [1.82, 2.24) is 0 Å². The van der Waals surface area contributed by atoms with E-state index >= 15 is 0 Å². The molecule has 2 heterocycles. The molecule has 0 spiro atoms. The summed E-state index contributed by atoms with van der Waals surface area (Å²) in [5.74, 6) is 0. The number of allylic oxidation sites excluding steroid dienone is 6. The molecule has 4 aliphatic carbocycles. The zero-order valence-electron chi connectivity index (χ0n) is 32.9. The van der Waals surface area contributed by atoms with E-state index in [2.05, 4.69) is 152 Å². The first-order valence-electron chi connectivity index (χ1n) is 19.2. The quantitative estimate of drug-likeness (QED) is 0.275. The van der Waals surface area contributed by atoms with Gasteiger partial charge in [-0.25, -0.2) is 0 Å². The maximum Gasteiger partial charge on any atom is -1.00 e. The Hall–Kier alpha value is -1.26. The Morgan fingerprint density at radius 2 is 0.852 bits per heavy atom. The molecule has 4 aromatic rings. The second-order valence-electron chi connectivity index (χ2n) is 16.8. The van der Waals surface area contributed by atoms with Gasteiger partial charge in [-0.2, -0.15) is 0 Å². The molecule has 2 saturated heterocycles. The van der Waals surface area contributed by atoms with Gasteiger partial charge in [0.2, 0.25) is 0 Å². The van der Waals surface area contributed by atoms with Crippen LogP contribution in [0.2, 0.25) is 16.7 Å². The van der Waals surface area contributed by atoms with E-state index in [1.165, 1.54) is 22.3 Å². The summed E-state index contributed by atoms with van der Waals surface area (Å²) in [6, 6.07) is 27.9. The standard InChI is InChI=1S/4C11H11.2C2H4.4ClH.2Hf/c2*1-8-6-7-9(2)11-5-3-4-10(8)11;2*1-8-7-10-5-3-4-6-11(10)9(8)2;2*1-2;;;;;;/h4*3-7H,1-2H3;2*1-2H2;4*1H;;/q;;;;;;;;;;;+4/p-4. The first kappa shape index (κ1) is 43.9. The van der Waals surface area contributed by atoms with Crippen LogP contribution in [-0.2, 0) is 39.9 Å². The third-order valence-corrected chi connectivity index (χ3v) is 52.3. The van der Waals surface area contributed by atoms with Crippen LogP contribution in [0, 0.1) is 27.7 Å². The van der Waals surface area contributed by atoms with Gasteiger partial charge in [0.15, 0.2) is 0 Å². The summed E-state index contributed by atoms with van der Waals surface area (Å²) in [6.07, 6.45) is 10.1.